The first-order valence-corrected chi connectivity index (χ1v) is 10.1. The Morgan fingerprint density at radius 2 is 2.03 bits per heavy atom. The molecular weight excluding hydrogens is 411 g/mol. The summed E-state index contributed by atoms with van der Waals surface area (Å²) in [7, 11) is 1.93. The highest BCUT2D eigenvalue weighted by atomic mass is 35.5. The second kappa shape index (κ2) is 8.92. The highest BCUT2D eigenvalue weighted by molar-refractivity contribution is 7.80. The predicted octanol–water partition coefficient (Wildman–Crippen LogP) is 4.39. The molecule has 3 aromatic rings. The zero-order valence-corrected chi connectivity index (χ0v) is 18.5. The molecule has 0 spiro atoms. The largest absolute Gasteiger partial charge is 0.346 e. The summed E-state index contributed by atoms with van der Waals surface area (Å²) in [6.07, 6.45) is 1.79. The van der Waals surface area contributed by atoms with E-state index in [9.17, 15) is 4.39 Å². The van der Waals surface area contributed by atoms with E-state index in [1.165, 1.54) is 6.07 Å². The van der Waals surface area contributed by atoms with E-state index in [4.69, 9.17) is 23.8 Å². The number of thiocarbonyl (C=S) groups is 1. The van der Waals surface area contributed by atoms with Gasteiger partial charge in [-0.1, -0.05) is 17.7 Å². The molecule has 0 aliphatic heterocycles. The molecule has 6 nitrogen and oxygen atoms in total. The highest BCUT2D eigenvalue weighted by Crippen LogP contribution is 2.24. The Kier molecular flexibility index (Phi) is 6.54. The molecule has 0 radical (unpaired) electrons. The summed E-state index contributed by atoms with van der Waals surface area (Å²) in [6, 6.07) is 6.65. The van der Waals surface area contributed by atoms with Crippen LogP contribution in [0.15, 0.2) is 30.5 Å². The topological polar surface area (TPSA) is 50.9 Å². The molecule has 0 unspecified atom stereocenters. The van der Waals surface area contributed by atoms with Crippen molar-refractivity contribution >= 4 is 34.6 Å². The van der Waals surface area contributed by atoms with Gasteiger partial charge < -0.3 is 10.2 Å². The number of nitrogens with zero attached hydrogens (tertiary/aromatic N) is 5. The molecular formula is C20H24ClFN6S. The summed E-state index contributed by atoms with van der Waals surface area (Å²) >= 11 is 11.7. The Hall–Kier alpha value is -2.45. The van der Waals surface area contributed by atoms with Crippen molar-refractivity contribution < 1.29 is 4.39 Å². The van der Waals surface area contributed by atoms with Crippen molar-refractivity contribution in [2.75, 3.05) is 12.4 Å². The molecule has 0 aliphatic carbocycles. The standard InChI is InChI=1S/C20H24ClFN6S/c1-5-27-15(9-10-23-27)11-26(4)20(29)24-19-13(2)25-28(14(19)3)12-16-17(21)7-6-8-18(16)22/h6-10H,5,11-12H2,1-4H3,(H,24,29). The summed E-state index contributed by atoms with van der Waals surface area (Å²) < 4.78 is 17.8. The minimum absolute atomic E-state index is 0.248. The Balaban J connectivity index is 1.75. The van der Waals surface area contributed by atoms with Crippen molar-refractivity contribution in [3.8, 4) is 0 Å². The van der Waals surface area contributed by atoms with Crippen LogP contribution >= 0.6 is 23.8 Å². The van der Waals surface area contributed by atoms with Gasteiger partial charge in [0, 0.05) is 30.4 Å². The zero-order valence-electron chi connectivity index (χ0n) is 16.9. The van der Waals surface area contributed by atoms with Gasteiger partial charge in [-0.15, -0.1) is 0 Å². The molecule has 1 N–H and O–H groups in total. The molecule has 0 aliphatic rings. The molecule has 0 amide bonds. The van der Waals surface area contributed by atoms with Gasteiger partial charge in [0.15, 0.2) is 5.11 Å². The van der Waals surface area contributed by atoms with Gasteiger partial charge in [-0.2, -0.15) is 10.2 Å². The smallest absolute Gasteiger partial charge is 0.173 e. The van der Waals surface area contributed by atoms with E-state index in [-0.39, 0.29) is 12.4 Å². The van der Waals surface area contributed by atoms with Crippen LogP contribution in [0.1, 0.15) is 29.6 Å². The Labute approximate surface area is 180 Å². The van der Waals surface area contributed by atoms with E-state index < -0.39 is 0 Å². The van der Waals surface area contributed by atoms with E-state index >= 15 is 0 Å². The Bertz CT molecular complexity index is 1010. The van der Waals surface area contributed by atoms with Crippen molar-refractivity contribution in [1.29, 1.82) is 0 Å². The molecule has 9 heteroatoms. The van der Waals surface area contributed by atoms with Crippen LogP contribution in [-0.4, -0.2) is 36.6 Å². The normalized spacial score (nSPS) is 11.0. The van der Waals surface area contributed by atoms with E-state index in [0.29, 0.717) is 22.2 Å². The first kappa shape index (κ1) is 21.3. The van der Waals surface area contributed by atoms with Gasteiger partial charge in [0.1, 0.15) is 5.82 Å². The fourth-order valence-corrected chi connectivity index (χ4v) is 3.55. The van der Waals surface area contributed by atoms with Gasteiger partial charge >= 0.3 is 0 Å². The molecule has 3 rings (SSSR count). The molecule has 0 saturated carbocycles. The first-order valence-electron chi connectivity index (χ1n) is 9.31. The quantitative estimate of drug-likeness (QED) is 0.583. The monoisotopic (exact) mass is 434 g/mol. The predicted molar refractivity (Wildman–Crippen MR) is 118 cm³/mol. The first-order chi connectivity index (χ1) is 13.8. The SMILES string of the molecule is CCn1nccc1CN(C)C(=S)Nc1c(C)nn(Cc2c(F)cccc2Cl)c1C. The van der Waals surface area contributed by atoms with Crippen LogP contribution in [0.4, 0.5) is 10.1 Å². The molecule has 29 heavy (non-hydrogen) atoms. The van der Waals surface area contributed by atoms with E-state index in [0.717, 1.165) is 29.3 Å². The van der Waals surface area contributed by atoms with Crippen molar-refractivity contribution in [2.45, 2.75) is 40.4 Å². The van der Waals surface area contributed by atoms with Crippen molar-refractivity contribution in [3.63, 3.8) is 0 Å². The highest BCUT2D eigenvalue weighted by Gasteiger charge is 2.17. The van der Waals surface area contributed by atoms with Crippen molar-refractivity contribution in [1.82, 2.24) is 24.5 Å². The average molecular weight is 435 g/mol. The molecule has 0 atom stereocenters. The van der Waals surface area contributed by atoms with Gasteiger partial charge in [-0.3, -0.25) is 9.36 Å². The molecule has 1 aromatic carbocycles. The maximum atomic E-state index is 14.2. The second-order valence-corrected chi connectivity index (χ2v) is 7.62. The summed E-state index contributed by atoms with van der Waals surface area (Å²) in [5, 5.41) is 13.1. The Morgan fingerprint density at radius 3 is 2.72 bits per heavy atom. The van der Waals surface area contributed by atoms with E-state index in [1.54, 1.807) is 23.0 Å². The number of benzene rings is 1. The van der Waals surface area contributed by atoms with Crippen LogP contribution in [0.25, 0.3) is 0 Å². The number of rotatable bonds is 6. The van der Waals surface area contributed by atoms with Crippen LogP contribution < -0.4 is 5.32 Å². The fourth-order valence-electron chi connectivity index (χ4n) is 3.16. The van der Waals surface area contributed by atoms with Crippen LogP contribution in [0.5, 0.6) is 0 Å². The average Bonchev–Trinajstić information content (AvgIpc) is 3.23. The number of hydrogen-bond donors (Lipinski definition) is 1. The minimum atomic E-state index is -0.345. The summed E-state index contributed by atoms with van der Waals surface area (Å²) in [5.74, 6) is -0.345. The lowest BCUT2D eigenvalue weighted by Gasteiger charge is -2.21. The van der Waals surface area contributed by atoms with E-state index in [2.05, 4.69) is 22.4 Å². The number of aromatic nitrogens is 4. The summed E-state index contributed by atoms with van der Waals surface area (Å²) in [5.41, 5.74) is 3.95. The van der Waals surface area contributed by atoms with Crippen LogP contribution in [-0.2, 0) is 19.6 Å². The lowest BCUT2D eigenvalue weighted by Crippen LogP contribution is -2.31. The van der Waals surface area contributed by atoms with Crippen LogP contribution in [0.3, 0.4) is 0 Å². The lowest BCUT2D eigenvalue weighted by molar-refractivity contribution is 0.471. The Morgan fingerprint density at radius 1 is 1.28 bits per heavy atom. The fraction of sp³-hybridized carbons (Fsp3) is 0.350. The molecule has 0 fully saturated rings. The number of halogens is 2. The summed E-state index contributed by atoms with van der Waals surface area (Å²) in [4.78, 5) is 1.95. The maximum Gasteiger partial charge on any atom is 0.173 e. The molecule has 2 aromatic heterocycles. The third-order valence-corrected chi connectivity index (χ3v) is 5.60. The van der Waals surface area contributed by atoms with E-state index in [1.807, 2.05) is 36.5 Å². The third-order valence-electron chi connectivity index (χ3n) is 4.83. The number of nitrogens with one attached hydrogen (secondary N) is 1. The number of anilines is 1. The summed E-state index contributed by atoms with van der Waals surface area (Å²) in [6.45, 7) is 7.56. The van der Waals surface area contributed by atoms with Crippen LogP contribution in [0.2, 0.25) is 5.02 Å². The van der Waals surface area contributed by atoms with Gasteiger partial charge in [-0.25, -0.2) is 4.39 Å². The molecule has 2 heterocycles. The number of hydrogen-bond acceptors (Lipinski definition) is 3. The number of aryl methyl sites for hydroxylation is 2. The van der Waals surface area contributed by atoms with Crippen molar-refractivity contribution in [3.05, 3.63) is 63.9 Å². The molecule has 154 valence electrons. The third kappa shape index (κ3) is 4.59. The van der Waals surface area contributed by atoms with Gasteiger partial charge in [0.25, 0.3) is 0 Å². The lowest BCUT2D eigenvalue weighted by atomic mass is 10.2. The minimum Gasteiger partial charge on any atom is -0.346 e. The van der Waals surface area contributed by atoms with Crippen molar-refractivity contribution in [2.24, 2.45) is 0 Å². The molecule has 0 bridgehead atoms. The van der Waals surface area contributed by atoms with Crippen LogP contribution in [0, 0.1) is 19.7 Å². The van der Waals surface area contributed by atoms with Gasteiger partial charge in [0.2, 0.25) is 0 Å². The molecule has 0 saturated heterocycles. The zero-order chi connectivity index (χ0) is 21.1. The second-order valence-electron chi connectivity index (χ2n) is 6.83. The van der Waals surface area contributed by atoms with Gasteiger partial charge in [0.05, 0.1) is 35.9 Å². The maximum absolute atomic E-state index is 14.2. The van der Waals surface area contributed by atoms with Gasteiger partial charge in [-0.05, 0) is 51.2 Å².